The number of amides is 1. The van der Waals surface area contributed by atoms with Gasteiger partial charge in [0, 0.05) is 28.8 Å². The van der Waals surface area contributed by atoms with Gasteiger partial charge in [0.05, 0.1) is 0 Å². The number of carbonyl (C=O) groups is 1. The molecule has 1 aromatic rings. The number of benzene rings is 1. The second-order valence-electron chi connectivity index (χ2n) is 5.94. The van der Waals surface area contributed by atoms with Crippen LogP contribution in [0.2, 0.25) is 10.0 Å². The van der Waals surface area contributed by atoms with Gasteiger partial charge in [-0.1, -0.05) is 50.0 Å². The van der Waals surface area contributed by atoms with Crippen molar-refractivity contribution in [3.05, 3.63) is 39.9 Å². The van der Waals surface area contributed by atoms with Crippen LogP contribution < -0.4 is 5.32 Å². The molecule has 116 valence electrons. The van der Waals surface area contributed by atoms with Gasteiger partial charge in [0.15, 0.2) is 0 Å². The SMILES string of the molecule is CC(C)(C)C(CCO)NC(=O)/C=C/c1ccc(Cl)cc1Cl. The lowest BCUT2D eigenvalue weighted by Crippen LogP contribution is -2.43. The van der Waals surface area contributed by atoms with Crippen LogP contribution in [-0.2, 0) is 4.79 Å². The largest absolute Gasteiger partial charge is 0.396 e. The topological polar surface area (TPSA) is 49.3 Å². The van der Waals surface area contributed by atoms with Crippen molar-refractivity contribution in [3.8, 4) is 0 Å². The lowest BCUT2D eigenvalue weighted by Gasteiger charge is -2.30. The molecule has 0 saturated heterocycles. The fourth-order valence-electron chi connectivity index (χ4n) is 1.87. The Labute approximate surface area is 136 Å². The van der Waals surface area contributed by atoms with E-state index in [9.17, 15) is 4.79 Å². The Morgan fingerprint density at radius 1 is 1.38 bits per heavy atom. The van der Waals surface area contributed by atoms with Gasteiger partial charge < -0.3 is 10.4 Å². The van der Waals surface area contributed by atoms with Crippen molar-refractivity contribution >= 4 is 35.2 Å². The molecule has 0 spiro atoms. The summed E-state index contributed by atoms with van der Waals surface area (Å²) in [4.78, 5) is 12.0. The highest BCUT2D eigenvalue weighted by Gasteiger charge is 2.24. The Hall–Kier alpha value is -1.03. The molecule has 0 aliphatic carbocycles. The summed E-state index contributed by atoms with van der Waals surface area (Å²) >= 11 is 11.9. The summed E-state index contributed by atoms with van der Waals surface area (Å²) in [6, 6.07) is 5.00. The maximum atomic E-state index is 12.0. The van der Waals surface area contributed by atoms with E-state index in [0.717, 1.165) is 5.56 Å². The van der Waals surface area contributed by atoms with Gasteiger partial charge in [-0.2, -0.15) is 0 Å². The molecule has 0 bridgehead atoms. The van der Waals surface area contributed by atoms with E-state index in [1.807, 2.05) is 20.8 Å². The van der Waals surface area contributed by atoms with Crippen molar-refractivity contribution in [2.24, 2.45) is 5.41 Å². The van der Waals surface area contributed by atoms with Crippen LogP contribution in [0.25, 0.3) is 6.08 Å². The van der Waals surface area contributed by atoms with Gasteiger partial charge in [0.1, 0.15) is 0 Å². The van der Waals surface area contributed by atoms with Gasteiger partial charge in [-0.15, -0.1) is 0 Å². The minimum atomic E-state index is -0.214. The molecule has 0 radical (unpaired) electrons. The molecule has 2 N–H and O–H groups in total. The van der Waals surface area contributed by atoms with Gasteiger partial charge in [-0.25, -0.2) is 0 Å². The lowest BCUT2D eigenvalue weighted by atomic mass is 9.85. The predicted octanol–water partition coefficient (Wildman–Crippen LogP) is 3.92. The third-order valence-corrected chi connectivity index (χ3v) is 3.72. The number of aliphatic hydroxyl groups excluding tert-OH is 1. The van der Waals surface area contributed by atoms with E-state index in [1.54, 1.807) is 24.3 Å². The Bertz CT molecular complexity index is 521. The first-order valence-electron chi connectivity index (χ1n) is 6.78. The number of aliphatic hydroxyl groups is 1. The molecule has 0 saturated carbocycles. The zero-order valence-corrected chi connectivity index (χ0v) is 14.0. The molecule has 1 unspecified atom stereocenters. The molecule has 21 heavy (non-hydrogen) atoms. The van der Waals surface area contributed by atoms with E-state index in [2.05, 4.69) is 5.32 Å². The molecule has 0 fully saturated rings. The average molecular weight is 330 g/mol. The van der Waals surface area contributed by atoms with Crippen molar-refractivity contribution in [2.75, 3.05) is 6.61 Å². The first kappa shape index (κ1) is 18.0. The first-order chi connectivity index (χ1) is 9.74. The fourth-order valence-corrected chi connectivity index (χ4v) is 2.34. The van der Waals surface area contributed by atoms with Crippen molar-refractivity contribution in [2.45, 2.75) is 33.2 Å². The molecule has 0 aromatic heterocycles. The van der Waals surface area contributed by atoms with Crippen LogP contribution in [0.15, 0.2) is 24.3 Å². The smallest absolute Gasteiger partial charge is 0.244 e. The number of nitrogens with one attached hydrogen (secondary N) is 1. The molecule has 0 aliphatic heterocycles. The number of hydrogen-bond acceptors (Lipinski definition) is 2. The van der Waals surface area contributed by atoms with E-state index in [0.29, 0.717) is 16.5 Å². The van der Waals surface area contributed by atoms with Gasteiger partial charge in [0.2, 0.25) is 5.91 Å². The summed E-state index contributed by atoms with van der Waals surface area (Å²) in [5, 5.41) is 13.0. The molecular weight excluding hydrogens is 309 g/mol. The van der Waals surface area contributed by atoms with Crippen LogP contribution in [-0.4, -0.2) is 23.7 Å². The van der Waals surface area contributed by atoms with Crippen LogP contribution >= 0.6 is 23.2 Å². The molecule has 1 amide bonds. The molecule has 0 heterocycles. The van der Waals surface area contributed by atoms with Crippen LogP contribution in [0.3, 0.4) is 0 Å². The van der Waals surface area contributed by atoms with Gasteiger partial charge in [0.25, 0.3) is 0 Å². The highest BCUT2D eigenvalue weighted by molar-refractivity contribution is 6.35. The Morgan fingerprint density at radius 3 is 2.57 bits per heavy atom. The summed E-state index contributed by atoms with van der Waals surface area (Å²) in [6.45, 7) is 6.10. The van der Waals surface area contributed by atoms with Crippen molar-refractivity contribution in [3.63, 3.8) is 0 Å². The van der Waals surface area contributed by atoms with Crippen LogP contribution in [0.1, 0.15) is 32.8 Å². The lowest BCUT2D eigenvalue weighted by molar-refractivity contribution is -0.118. The van der Waals surface area contributed by atoms with E-state index < -0.39 is 0 Å². The van der Waals surface area contributed by atoms with Gasteiger partial charge in [-0.05, 0) is 35.6 Å². The van der Waals surface area contributed by atoms with Crippen LogP contribution in [0.4, 0.5) is 0 Å². The molecule has 1 rings (SSSR count). The van der Waals surface area contributed by atoms with Gasteiger partial charge >= 0.3 is 0 Å². The van der Waals surface area contributed by atoms with Crippen LogP contribution in [0, 0.1) is 5.41 Å². The quantitative estimate of drug-likeness (QED) is 0.804. The molecule has 3 nitrogen and oxygen atoms in total. The molecule has 1 aromatic carbocycles. The fraction of sp³-hybridized carbons (Fsp3) is 0.438. The maximum absolute atomic E-state index is 12.0. The minimum absolute atomic E-state index is 0.0367. The minimum Gasteiger partial charge on any atom is -0.396 e. The van der Waals surface area contributed by atoms with Crippen molar-refractivity contribution < 1.29 is 9.90 Å². The Kier molecular flexibility index (Phi) is 6.72. The number of halogens is 2. The predicted molar refractivity (Wildman–Crippen MR) is 88.6 cm³/mol. The highest BCUT2D eigenvalue weighted by atomic mass is 35.5. The highest BCUT2D eigenvalue weighted by Crippen LogP contribution is 2.23. The molecule has 0 aliphatic rings. The van der Waals surface area contributed by atoms with E-state index in [-0.39, 0.29) is 24.0 Å². The average Bonchev–Trinajstić information content (AvgIpc) is 2.36. The number of hydrogen-bond donors (Lipinski definition) is 2. The second kappa shape index (κ2) is 7.83. The summed E-state index contributed by atoms with van der Waals surface area (Å²) in [6.07, 6.45) is 3.60. The van der Waals surface area contributed by atoms with Crippen molar-refractivity contribution in [1.29, 1.82) is 0 Å². The third kappa shape index (κ3) is 6.08. The summed E-state index contributed by atoms with van der Waals surface area (Å²) in [7, 11) is 0. The first-order valence-corrected chi connectivity index (χ1v) is 7.54. The summed E-state index contributed by atoms with van der Waals surface area (Å²) in [5.74, 6) is -0.214. The maximum Gasteiger partial charge on any atom is 0.244 e. The third-order valence-electron chi connectivity index (χ3n) is 3.16. The van der Waals surface area contributed by atoms with E-state index >= 15 is 0 Å². The van der Waals surface area contributed by atoms with Crippen molar-refractivity contribution in [1.82, 2.24) is 5.32 Å². The van der Waals surface area contributed by atoms with E-state index in [1.165, 1.54) is 6.08 Å². The summed E-state index contributed by atoms with van der Waals surface area (Å²) < 4.78 is 0. The summed E-state index contributed by atoms with van der Waals surface area (Å²) in [5.41, 5.74) is 0.607. The Morgan fingerprint density at radius 2 is 2.05 bits per heavy atom. The normalized spacial score (nSPS) is 13.4. The zero-order valence-electron chi connectivity index (χ0n) is 12.5. The molecule has 1 atom stereocenters. The second-order valence-corrected chi connectivity index (χ2v) is 6.78. The Balaban J connectivity index is 2.73. The standard InChI is InChI=1S/C16H21Cl2NO2/c1-16(2,3)14(8-9-20)19-15(21)7-5-11-4-6-12(17)10-13(11)18/h4-7,10,14,20H,8-9H2,1-3H3,(H,19,21)/b7-5+. The monoisotopic (exact) mass is 329 g/mol. The van der Waals surface area contributed by atoms with Crippen LogP contribution in [0.5, 0.6) is 0 Å². The molecule has 5 heteroatoms. The van der Waals surface area contributed by atoms with E-state index in [4.69, 9.17) is 28.3 Å². The number of carbonyl (C=O) groups excluding carboxylic acids is 1. The molecular formula is C16H21Cl2NO2. The number of rotatable bonds is 5. The van der Waals surface area contributed by atoms with Gasteiger partial charge in [-0.3, -0.25) is 4.79 Å². The zero-order chi connectivity index (χ0) is 16.0.